The molecule has 7 nitrogen and oxygen atoms in total. The molecule has 120 valence electrons. The molecule has 0 radical (unpaired) electrons. The van der Waals surface area contributed by atoms with Gasteiger partial charge in [0.05, 0.1) is 5.75 Å². The highest BCUT2D eigenvalue weighted by Crippen LogP contribution is 2.16. The molecule has 21 heavy (non-hydrogen) atoms. The molecule has 0 spiro atoms. The molecule has 0 aliphatic carbocycles. The fourth-order valence-electron chi connectivity index (χ4n) is 1.59. The van der Waals surface area contributed by atoms with Crippen molar-refractivity contribution in [2.24, 2.45) is 0 Å². The van der Waals surface area contributed by atoms with Crippen LogP contribution < -0.4 is 14.2 Å². The van der Waals surface area contributed by atoms with E-state index in [1.54, 1.807) is 0 Å². The van der Waals surface area contributed by atoms with E-state index in [-0.39, 0.29) is 5.75 Å². The van der Waals surface area contributed by atoms with Crippen molar-refractivity contribution in [1.82, 2.24) is 4.72 Å². The zero-order valence-electron chi connectivity index (χ0n) is 12.1. The van der Waals surface area contributed by atoms with Gasteiger partial charge in [0.15, 0.2) is 0 Å². The predicted octanol–water partition coefficient (Wildman–Crippen LogP) is 1.49. The number of anilines is 2. The molecule has 0 bridgehead atoms. The van der Waals surface area contributed by atoms with Gasteiger partial charge in [-0.1, -0.05) is 19.8 Å². The first kappa shape index (κ1) is 17.7. The van der Waals surface area contributed by atoms with E-state index in [9.17, 15) is 16.8 Å². The normalized spacial score (nSPS) is 12.1. The molecule has 0 aliphatic heterocycles. The average Bonchev–Trinajstić information content (AvgIpc) is 2.40. The van der Waals surface area contributed by atoms with Gasteiger partial charge < -0.3 is 0 Å². The molecule has 1 rings (SSSR count). The maximum absolute atomic E-state index is 11.8. The lowest BCUT2D eigenvalue weighted by atomic mass is 10.3. The zero-order valence-corrected chi connectivity index (χ0v) is 13.7. The summed E-state index contributed by atoms with van der Waals surface area (Å²) in [6.07, 6.45) is 2.44. The standard InChI is InChI=1S/C12H21N3O4S2/c1-3-4-5-10-20(16,17)14-11-6-8-12(9-7-11)15-21(18,19)13-2/h6-9,13-15H,3-5,10H2,1-2H3. The first-order chi connectivity index (χ1) is 9.78. The Morgan fingerprint density at radius 1 is 0.905 bits per heavy atom. The Hall–Kier alpha value is -1.32. The lowest BCUT2D eigenvalue weighted by molar-refractivity contribution is 0.592. The minimum atomic E-state index is -3.57. The van der Waals surface area contributed by atoms with Crippen molar-refractivity contribution in [3.8, 4) is 0 Å². The summed E-state index contributed by atoms with van der Waals surface area (Å²) in [6, 6.07) is 5.98. The summed E-state index contributed by atoms with van der Waals surface area (Å²) in [5, 5.41) is 0. The molecule has 3 N–H and O–H groups in total. The van der Waals surface area contributed by atoms with Crippen LogP contribution in [0.5, 0.6) is 0 Å². The van der Waals surface area contributed by atoms with Crippen molar-refractivity contribution in [2.75, 3.05) is 22.2 Å². The largest absolute Gasteiger partial charge is 0.298 e. The van der Waals surface area contributed by atoms with Crippen molar-refractivity contribution in [3.63, 3.8) is 0 Å². The maximum atomic E-state index is 11.8. The number of sulfonamides is 1. The summed E-state index contributed by atoms with van der Waals surface area (Å²) in [6.45, 7) is 2.00. The number of hydrogen-bond acceptors (Lipinski definition) is 4. The summed E-state index contributed by atoms with van der Waals surface area (Å²) in [7, 11) is -5.64. The Kier molecular flexibility index (Phi) is 6.43. The van der Waals surface area contributed by atoms with Gasteiger partial charge in [0.1, 0.15) is 0 Å². The molecule has 0 unspecified atom stereocenters. The van der Waals surface area contributed by atoms with Crippen molar-refractivity contribution in [1.29, 1.82) is 0 Å². The van der Waals surface area contributed by atoms with Gasteiger partial charge in [-0.25, -0.2) is 13.1 Å². The smallest absolute Gasteiger partial charge is 0.284 e. The second-order valence-corrected chi connectivity index (χ2v) is 7.98. The van der Waals surface area contributed by atoms with E-state index in [2.05, 4.69) is 14.2 Å². The number of rotatable bonds is 9. The van der Waals surface area contributed by atoms with Crippen LogP contribution in [0.2, 0.25) is 0 Å². The second-order valence-electron chi connectivity index (χ2n) is 4.52. The lowest BCUT2D eigenvalue weighted by Gasteiger charge is -2.10. The molecule has 1 aromatic carbocycles. The summed E-state index contributed by atoms with van der Waals surface area (Å²) in [5.41, 5.74) is 0.747. The molecular formula is C12H21N3O4S2. The van der Waals surface area contributed by atoms with Gasteiger partial charge in [-0.2, -0.15) is 8.42 Å². The van der Waals surface area contributed by atoms with E-state index in [0.29, 0.717) is 17.8 Å². The molecule has 0 saturated heterocycles. The average molecular weight is 335 g/mol. The van der Waals surface area contributed by atoms with Crippen LogP contribution in [0.4, 0.5) is 11.4 Å². The van der Waals surface area contributed by atoms with Crippen LogP contribution in [0.3, 0.4) is 0 Å². The van der Waals surface area contributed by atoms with Gasteiger partial charge in [-0.05, 0) is 30.7 Å². The van der Waals surface area contributed by atoms with Crippen molar-refractivity contribution in [3.05, 3.63) is 24.3 Å². The maximum Gasteiger partial charge on any atom is 0.298 e. The van der Waals surface area contributed by atoms with Crippen LogP contribution in [-0.2, 0) is 20.2 Å². The molecule has 0 saturated carbocycles. The summed E-state index contributed by atoms with van der Waals surface area (Å²) >= 11 is 0. The summed E-state index contributed by atoms with van der Waals surface area (Å²) < 4.78 is 53.1. The Morgan fingerprint density at radius 3 is 1.90 bits per heavy atom. The monoisotopic (exact) mass is 335 g/mol. The minimum Gasteiger partial charge on any atom is -0.284 e. The molecule has 0 atom stereocenters. The van der Waals surface area contributed by atoms with E-state index in [0.717, 1.165) is 12.8 Å². The Bertz CT molecular complexity index is 640. The van der Waals surface area contributed by atoms with E-state index >= 15 is 0 Å². The third-order valence-electron chi connectivity index (χ3n) is 2.70. The fourth-order valence-corrected chi connectivity index (χ4v) is 3.32. The van der Waals surface area contributed by atoms with E-state index in [1.165, 1.54) is 31.3 Å². The van der Waals surface area contributed by atoms with E-state index in [4.69, 9.17) is 0 Å². The van der Waals surface area contributed by atoms with Crippen molar-refractivity contribution < 1.29 is 16.8 Å². The quantitative estimate of drug-likeness (QED) is 0.595. The number of hydrogen-bond donors (Lipinski definition) is 3. The first-order valence-corrected chi connectivity index (χ1v) is 9.73. The molecular weight excluding hydrogens is 314 g/mol. The number of unbranched alkanes of at least 4 members (excludes halogenated alkanes) is 2. The Morgan fingerprint density at radius 2 is 1.43 bits per heavy atom. The predicted molar refractivity (Wildman–Crippen MR) is 85.0 cm³/mol. The Labute approximate surface area is 126 Å². The first-order valence-electron chi connectivity index (χ1n) is 6.60. The Balaban J connectivity index is 2.66. The third-order valence-corrected chi connectivity index (χ3v) is 5.11. The molecule has 1 aromatic rings. The van der Waals surface area contributed by atoms with Crippen LogP contribution in [0.25, 0.3) is 0 Å². The van der Waals surface area contributed by atoms with E-state index in [1.807, 2.05) is 6.92 Å². The van der Waals surface area contributed by atoms with Gasteiger partial charge in [0, 0.05) is 18.4 Å². The van der Waals surface area contributed by atoms with Gasteiger partial charge in [-0.3, -0.25) is 9.44 Å². The van der Waals surface area contributed by atoms with Gasteiger partial charge in [-0.15, -0.1) is 0 Å². The van der Waals surface area contributed by atoms with Gasteiger partial charge in [0.25, 0.3) is 10.2 Å². The SMILES string of the molecule is CCCCCS(=O)(=O)Nc1ccc(NS(=O)(=O)NC)cc1. The highest BCUT2D eigenvalue weighted by Gasteiger charge is 2.10. The van der Waals surface area contributed by atoms with Crippen molar-refractivity contribution in [2.45, 2.75) is 26.2 Å². The minimum absolute atomic E-state index is 0.0783. The fraction of sp³-hybridized carbons (Fsp3) is 0.500. The van der Waals surface area contributed by atoms with Crippen molar-refractivity contribution >= 4 is 31.6 Å². The van der Waals surface area contributed by atoms with E-state index < -0.39 is 20.2 Å². The van der Waals surface area contributed by atoms with Crippen LogP contribution in [0.15, 0.2) is 24.3 Å². The third kappa shape index (κ3) is 6.78. The molecule has 9 heteroatoms. The van der Waals surface area contributed by atoms with Crippen LogP contribution in [-0.4, -0.2) is 29.6 Å². The number of nitrogens with one attached hydrogen (secondary N) is 3. The highest BCUT2D eigenvalue weighted by molar-refractivity contribution is 7.92. The molecule has 0 aromatic heterocycles. The molecule has 0 heterocycles. The summed E-state index contributed by atoms with van der Waals surface area (Å²) in [4.78, 5) is 0. The van der Waals surface area contributed by atoms with Crippen LogP contribution in [0.1, 0.15) is 26.2 Å². The lowest BCUT2D eigenvalue weighted by Crippen LogP contribution is -2.26. The van der Waals surface area contributed by atoms with Crippen LogP contribution in [0, 0.1) is 0 Å². The second kappa shape index (κ2) is 7.62. The van der Waals surface area contributed by atoms with Crippen LogP contribution >= 0.6 is 0 Å². The van der Waals surface area contributed by atoms with Gasteiger partial charge >= 0.3 is 0 Å². The topological polar surface area (TPSA) is 104 Å². The zero-order chi connectivity index (χ0) is 15.9. The number of benzene rings is 1. The molecule has 0 fully saturated rings. The molecule has 0 amide bonds. The summed E-state index contributed by atoms with van der Waals surface area (Å²) in [5.74, 6) is 0.0783. The molecule has 0 aliphatic rings. The highest BCUT2D eigenvalue weighted by atomic mass is 32.2. The van der Waals surface area contributed by atoms with Gasteiger partial charge in [0.2, 0.25) is 10.0 Å².